The summed E-state index contributed by atoms with van der Waals surface area (Å²) >= 11 is 0. The Morgan fingerprint density at radius 3 is 3.07 bits per heavy atom. The molecule has 14 heavy (non-hydrogen) atoms. The van der Waals surface area contributed by atoms with Crippen molar-refractivity contribution >= 4 is 5.97 Å². The van der Waals surface area contributed by atoms with Gasteiger partial charge in [-0.1, -0.05) is 5.21 Å². The van der Waals surface area contributed by atoms with Crippen molar-refractivity contribution in [3.05, 3.63) is 11.9 Å². The summed E-state index contributed by atoms with van der Waals surface area (Å²) < 4.78 is 6.25. The van der Waals surface area contributed by atoms with Crippen LogP contribution in [0.2, 0.25) is 0 Å². The number of aliphatic hydroxyl groups is 1. The fourth-order valence-electron chi connectivity index (χ4n) is 0.972. The van der Waals surface area contributed by atoms with Gasteiger partial charge in [-0.05, 0) is 0 Å². The zero-order chi connectivity index (χ0) is 10.4. The molecule has 0 saturated heterocycles. The second kappa shape index (κ2) is 5.33. The summed E-state index contributed by atoms with van der Waals surface area (Å²) in [6.07, 6.45) is 2.52. The second-order valence-electron chi connectivity index (χ2n) is 2.83. The van der Waals surface area contributed by atoms with Crippen molar-refractivity contribution in [1.82, 2.24) is 15.0 Å². The number of aromatic nitrogens is 3. The Balaban J connectivity index is 2.23. The number of carbonyl (C=O) groups is 1. The third-order valence-corrected chi connectivity index (χ3v) is 1.59. The maximum absolute atomic E-state index is 11.0. The fraction of sp³-hybridized carbons (Fsp3) is 0.625. The van der Waals surface area contributed by atoms with E-state index in [-0.39, 0.29) is 25.6 Å². The van der Waals surface area contributed by atoms with Gasteiger partial charge in [-0.25, -0.2) is 0 Å². The van der Waals surface area contributed by atoms with E-state index in [0.29, 0.717) is 6.42 Å². The Morgan fingerprint density at radius 2 is 2.50 bits per heavy atom. The molecule has 0 aromatic carbocycles. The minimum Gasteiger partial charge on any atom is -0.463 e. The first kappa shape index (κ1) is 10.6. The van der Waals surface area contributed by atoms with Crippen LogP contribution in [-0.4, -0.2) is 39.3 Å². The maximum atomic E-state index is 11.0. The molecule has 1 aromatic rings. The van der Waals surface area contributed by atoms with Crippen molar-refractivity contribution in [3.63, 3.8) is 0 Å². The highest BCUT2D eigenvalue weighted by atomic mass is 16.5. The Bertz CT molecular complexity index is 298. The molecule has 6 nitrogen and oxygen atoms in total. The molecule has 0 fully saturated rings. The van der Waals surface area contributed by atoms with Crippen LogP contribution in [0, 0.1) is 0 Å². The Kier molecular flexibility index (Phi) is 4.06. The van der Waals surface area contributed by atoms with E-state index < -0.39 is 0 Å². The van der Waals surface area contributed by atoms with E-state index in [1.54, 1.807) is 17.9 Å². The summed E-state index contributed by atoms with van der Waals surface area (Å²) in [6.45, 7) is -0.0871. The van der Waals surface area contributed by atoms with E-state index in [1.807, 2.05) is 0 Å². The van der Waals surface area contributed by atoms with E-state index >= 15 is 0 Å². The van der Waals surface area contributed by atoms with Gasteiger partial charge in [-0.2, -0.15) is 0 Å². The lowest BCUT2D eigenvalue weighted by molar-refractivity contribution is -0.144. The number of aryl methyl sites for hydroxylation is 2. The Labute approximate surface area is 81.5 Å². The number of aliphatic hydroxyl groups excluding tert-OH is 1. The number of hydrogen-bond acceptors (Lipinski definition) is 5. The van der Waals surface area contributed by atoms with Crippen molar-refractivity contribution in [2.75, 3.05) is 13.2 Å². The van der Waals surface area contributed by atoms with E-state index in [2.05, 4.69) is 15.0 Å². The van der Waals surface area contributed by atoms with E-state index in [9.17, 15) is 4.79 Å². The van der Waals surface area contributed by atoms with Crippen molar-refractivity contribution in [1.29, 1.82) is 0 Å². The number of esters is 1. The average Bonchev–Trinajstić information content (AvgIpc) is 2.58. The van der Waals surface area contributed by atoms with Gasteiger partial charge in [0, 0.05) is 19.7 Å². The summed E-state index contributed by atoms with van der Waals surface area (Å²) in [4.78, 5) is 11.0. The van der Waals surface area contributed by atoms with Gasteiger partial charge in [0.1, 0.15) is 6.61 Å². The van der Waals surface area contributed by atoms with Crippen LogP contribution in [-0.2, 0) is 23.0 Å². The van der Waals surface area contributed by atoms with Gasteiger partial charge in [0.2, 0.25) is 0 Å². The predicted octanol–water partition coefficient (Wildman–Crippen LogP) is -0.717. The molecule has 0 aliphatic carbocycles. The first-order chi connectivity index (χ1) is 6.72. The maximum Gasteiger partial charge on any atom is 0.306 e. The van der Waals surface area contributed by atoms with E-state index in [0.717, 1.165) is 5.69 Å². The highest BCUT2D eigenvalue weighted by Crippen LogP contribution is 1.98. The van der Waals surface area contributed by atoms with Crippen LogP contribution in [0.15, 0.2) is 6.20 Å². The lowest BCUT2D eigenvalue weighted by Gasteiger charge is -2.00. The van der Waals surface area contributed by atoms with Crippen LogP contribution in [0.5, 0.6) is 0 Å². The molecule has 1 aromatic heterocycles. The molecule has 0 aliphatic rings. The highest BCUT2D eigenvalue weighted by Gasteiger charge is 2.05. The zero-order valence-corrected chi connectivity index (χ0v) is 8.01. The lowest BCUT2D eigenvalue weighted by Crippen LogP contribution is -2.09. The molecule has 78 valence electrons. The second-order valence-corrected chi connectivity index (χ2v) is 2.83. The molecule has 1 heterocycles. The van der Waals surface area contributed by atoms with Gasteiger partial charge in [-0.15, -0.1) is 5.10 Å². The van der Waals surface area contributed by atoms with Gasteiger partial charge in [0.05, 0.1) is 18.7 Å². The quantitative estimate of drug-likeness (QED) is 0.633. The molecule has 0 radical (unpaired) electrons. The summed E-state index contributed by atoms with van der Waals surface area (Å²) in [7, 11) is 1.76. The molecular formula is C8H13N3O3. The molecule has 0 atom stereocenters. The smallest absolute Gasteiger partial charge is 0.306 e. The number of carbonyl (C=O) groups excluding carboxylic acids is 1. The van der Waals surface area contributed by atoms with Crippen molar-refractivity contribution in [3.8, 4) is 0 Å². The van der Waals surface area contributed by atoms with Gasteiger partial charge in [-0.3, -0.25) is 9.48 Å². The minimum absolute atomic E-state index is 0.0549. The molecule has 6 heteroatoms. The Hall–Kier alpha value is -1.43. The number of hydrogen-bond donors (Lipinski definition) is 1. The monoisotopic (exact) mass is 199 g/mol. The molecule has 0 bridgehead atoms. The van der Waals surface area contributed by atoms with E-state index in [1.165, 1.54) is 0 Å². The van der Waals surface area contributed by atoms with Crippen LogP contribution in [0.3, 0.4) is 0 Å². The van der Waals surface area contributed by atoms with Gasteiger partial charge in [0.15, 0.2) is 0 Å². The van der Waals surface area contributed by atoms with Gasteiger partial charge < -0.3 is 9.84 Å². The van der Waals surface area contributed by atoms with Crippen LogP contribution in [0.1, 0.15) is 12.1 Å². The largest absolute Gasteiger partial charge is 0.463 e. The minimum atomic E-state index is -0.329. The lowest BCUT2D eigenvalue weighted by atomic mass is 10.2. The van der Waals surface area contributed by atoms with Crippen LogP contribution in [0.25, 0.3) is 0 Å². The number of rotatable bonds is 5. The van der Waals surface area contributed by atoms with E-state index in [4.69, 9.17) is 5.11 Å². The molecule has 0 saturated carbocycles. The zero-order valence-electron chi connectivity index (χ0n) is 8.01. The highest BCUT2D eigenvalue weighted by molar-refractivity contribution is 5.69. The third-order valence-electron chi connectivity index (χ3n) is 1.59. The van der Waals surface area contributed by atoms with Crippen LogP contribution in [0.4, 0.5) is 0 Å². The molecule has 0 aliphatic heterocycles. The van der Waals surface area contributed by atoms with Crippen molar-refractivity contribution < 1.29 is 14.6 Å². The van der Waals surface area contributed by atoms with Crippen LogP contribution < -0.4 is 0 Å². The normalized spacial score (nSPS) is 10.1. The molecule has 1 N–H and O–H groups in total. The summed E-state index contributed by atoms with van der Waals surface area (Å²) in [5, 5.41) is 16.0. The number of ether oxygens (including phenoxy) is 1. The van der Waals surface area contributed by atoms with Gasteiger partial charge >= 0.3 is 5.97 Å². The standard InChI is InChI=1S/C8H13N3O3/c1-11-6-7(9-10-11)2-3-8(13)14-5-4-12/h6,12H,2-5H2,1H3. The summed E-state index contributed by atoms with van der Waals surface area (Å²) in [5.41, 5.74) is 0.758. The van der Waals surface area contributed by atoms with Gasteiger partial charge in [0.25, 0.3) is 0 Å². The first-order valence-electron chi connectivity index (χ1n) is 4.34. The third kappa shape index (κ3) is 3.53. The average molecular weight is 199 g/mol. The predicted molar refractivity (Wildman–Crippen MR) is 47.4 cm³/mol. The SMILES string of the molecule is Cn1cc(CCC(=O)OCCO)nn1. The molecule has 0 amide bonds. The van der Waals surface area contributed by atoms with Crippen LogP contribution >= 0.6 is 0 Å². The molecule has 0 unspecified atom stereocenters. The fourth-order valence-corrected chi connectivity index (χ4v) is 0.972. The topological polar surface area (TPSA) is 77.2 Å². The van der Waals surface area contributed by atoms with Crippen molar-refractivity contribution in [2.24, 2.45) is 7.05 Å². The summed E-state index contributed by atoms with van der Waals surface area (Å²) in [6, 6.07) is 0. The van der Waals surface area contributed by atoms with Crippen molar-refractivity contribution in [2.45, 2.75) is 12.8 Å². The first-order valence-corrected chi connectivity index (χ1v) is 4.34. The molecule has 0 spiro atoms. The Morgan fingerprint density at radius 1 is 1.71 bits per heavy atom. The summed E-state index contributed by atoms with van der Waals surface area (Å²) in [5.74, 6) is -0.329. The molecular weight excluding hydrogens is 186 g/mol. The number of nitrogens with zero attached hydrogens (tertiary/aromatic N) is 3. The molecule has 1 rings (SSSR count).